The zero-order valence-electron chi connectivity index (χ0n) is 17.4. The maximum Gasteiger partial charge on any atom is 0.261 e. The Hall–Kier alpha value is -2.37. The van der Waals surface area contributed by atoms with E-state index >= 15 is 0 Å². The minimum atomic E-state index is -0.157. The summed E-state index contributed by atoms with van der Waals surface area (Å²) in [5.74, 6) is -0.314. The fourth-order valence-corrected chi connectivity index (χ4v) is 4.72. The molecule has 4 rings (SSSR count). The summed E-state index contributed by atoms with van der Waals surface area (Å²) in [7, 11) is 0. The fourth-order valence-electron chi connectivity index (χ4n) is 4.34. The Balaban J connectivity index is 1.22. The third-order valence-corrected chi connectivity index (χ3v) is 6.57. The van der Waals surface area contributed by atoms with Gasteiger partial charge in [-0.25, -0.2) is 0 Å². The van der Waals surface area contributed by atoms with Crippen LogP contribution in [0.5, 0.6) is 0 Å². The number of unbranched alkanes of at least 4 members (excludes halogenated alkanes) is 1. The van der Waals surface area contributed by atoms with Crippen LogP contribution >= 0.6 is 11.6 Å². The predicted octanol–water partition coefficient (Wildman–Crippen LogP) is 4.10. The van der Waals surface area contributed by atoms with Crippen molar-refractivity contribution < 1.29 is 9.59 Å². The van der Waals surface area contributed by atoms with E-state index in [1.54, 1.807) is 24.3 Å². The average Bonchev–Trinajstić information content (AvgIpc) is 3.02. The number of nitrogens with zero attached hydrogens (tertiary/aromatic N) is 3. The molecule has 1 fully saturated rings. The molecule has 2 heterocycles. The van der Waals surface area contributed by atoms with E-state index in [-0.39, 0.29) is 11.8 Å². The second-order valence-corrected chi connectivity index (χ2v) is 8.33. The number of aryl methyl sites for hydroxylation is 1. The van der Waals surface area contributed by atoms with Gasteiger partial charge in [-0.1, -0.05) is 42.8 Å². The number of halogens is 1. The standard InChI is InChI=1S/C24H28ClN3O2/c1-2-18-8-7-11-21(22(18)25)27-16-14-26(15-17-27)12-5-6-13-28-23(29)19-9-3-4-10-20(19)24(28)30/h3-4,7-11H,2,5-6,12-17H2,1H3. The molecule has 0 N–H and O–H groups in total. The molecular formula is C24H28ClN3O2. The first-order valence-electron chi connectivity index (χ1n) is 10.8. The first kappa shape index (κ1) is 20.9. The third kappa shape index (κ3) is 4.09. The van der Waals surface area contributed by atoms with Crippen LogP contribution in [0.3, 0.4) is 0 Å². The lowest BCUT2D eigenvalue weighted by Crippen LogP contribution is -2.46. The molecule has 30 heavy (non-hydrogen) atoms. The minimum absolute atomic E-state index is 0.157. The van der Waals surface area contributed by atoms with E-state index < -0.39 is 0 Å². The van der Waals surface area contributed by atoms with E-state index in [9.17, 15) is 9.59 Å². The first-order chi connectivity index (χ1) is 14.6. The molecule has 2 aliphatic rings. The molecule has 0 saturated carbocycles. The average molecular weight is 426 g/mol. The lowest BCUT2D eigenvalue weighted by molar-refractivity contribution is 0.0650. The number of carbonyl (C=O) groups is 2. The van der Waals surface area contributed by atoms with E-state index in [1.807, 2.05) is 0 Å². The van der Waals surface area contributed by atoms with Gasteiger partial charge in [-0.3, -0.25) is 19.4 Å². The number of hydrogen-bond acceptors (Lipinski definition) is 4. The van der Waals surface area contributed by atoms with Crippen molar-refractivity contribution in [2.24, 2.45) is 0 Å². The van der Waals surface area contributed by atoms with E-state index in [2.05, 4.69) is 34.9 Å². The molecule has 1 saturated heterocycles. The number of imide groups is 1. The second-order valence-electron chi connectivity index (χ2n) is 7.95. The Morgan fingerprint density at radius 2 is 1.47 bits per heavy atom. The van der Waals surface area contributed by atoms with Crippen LogP contribution in [0.15, 0.2) is 42.5 Å². The molecule has 0 aromatic heterocycles. The maximum atomic E-state index is 12.4. The molecule has 2 aliphatic heterocycles. The van der Waals surface area contributed by atoms with Crippen LogP contribution in [0, 0.1) is 0 Å². The van der Waals surface area contributed by atoms with Crippen molar-refractivity contribution in [3.05, 3.63) is 64.2 Å². The van der Waals surface area contributed by atoms with Crippen LogP contribution in [-0.4, -0.2) is 60.9 Å². The Labute approximate surface area is 183 Å². The lowest BCUT2D eigenvalue weighted by Gasteiger charge is -2.36. The zero-order chi connectivity index (χ0) is 21.1. The van der Waals surface area contributed by atoms with Gasteiger partial charge in [-0.15, -0.1) is 0 Å². The number of fused-ring (bicyclic) bond motifs is 1. The van der Waals surface area contributed by atoms with Crippen LogP contribution < -0.4 is 4.90 Å². The van der Waals surface area contributed by atoms with Gasteiger partial charge in [0, 0.05) is 32.7 Å². The van der Waals surface area contributed by atoms with E-state index in [4.69, 9.17) is 11.6 Å². The zero-order valence-corrected chi connectivity index (χ0v) is 18.2. The van der Waals surface area contributed by atoms with Gasteiger partial charge in [-0.05, 0) is 49.6 Å². The topological polar surface area (TPSA) is 43.9 Å². The van der Waals surface area contributed by atoms with Crippen molar-refractivity contribution in [3.8, 4) is 0 Å². The van der Waals surface area contributed by atoms with Crippen LogP contribution in [-0.2, 0) is 6.42 Å². The van der Waals surface area contributed by atoms with Crippen molar-refractivity contribution >= 4 is 29.1 Å². The number of amides is 2. The normalized spacial score (nSPS) is 17.0. The summed E-state index contributed by atoms with van der Waals surface area (Å²) in [4.78, 5) is 31.1. The number of rotatable bonds is 7. The lowest BCUT2D eigenvalue weighted by atomic mass is 10.1. The third-order valence-electron chi connectivity index (χ3n) is 6.14. The molecule has 158 valence electrons. The smallest absolute Gasteiger partial charge is 0.261 e. The van der Waals surface area contributed by atoms with Crippen LogP contribution in [0.4, 0.5) is 5.69 Å². The van der Waals surface area contributed by atoms with Crippen molar-refractivity contribution in [2.45, 2.75) is 26.2 Å². The number of carbonyl (C=O) groups excluding carboxylic acids is 2. The molecule has 0 aliphatic carbocycles. The molecule has 2 amide bonds. The van der Waals surface area contributed by atoms with Gasteiger partial charge in [0.2, 0.25) is 0 Å². The Bertz CT molecular complexity index is 903. The van der Waals surface area contributed by atoms with Gasteiger partial charge >= 0.3 is 0 Å². The summed E-state index contributed by atoms with van der Waals surface area (Å²) in [5, 5.41) is 0.884. The summed E-state index contributed by atoms with van der Waals surface area (Å²) in [6.45, 7) is 7.53. The number of hydrogen-bond donors (Lipinski definition) is 0. The minimum Gasteiger partial charge on any atom is -0.368 e. The monoisotopic (exact) mass is 425 g/mol. The molecule has 0 atom stereocenters. The van der Waals surface area contributed by atoms with Crippen LogP contribution in [0.1, 0.15) is 46.0 Å². The molecular weight excluding hydrogens is 398 g/mol. The first-order valence-corrected chi connectivity index (χ1v) is 11.2. The summed E-state index contributed by atoms with van der Waals surface area (Å²) in [5.41, 5.74) is 3.40. The molecule has 6 heteroatoms. The quantitative estimate of drug-likeness (QED) is 0.494. The van der Waals surface area contributed by atoms with Gasteiger partial charge in [0.25, 0.3) is 11.8 Å². The van der Waals surface area contributed by atoms with Crippen LogP contribution in [0.2, 0.25) is 5.02 Å². The molecule has 0 bridgehead atoms. The summed E-state index contributed by atoms with van der Waals surface area (Å²) in [6.07, 6.45) is 2.75. The summed E-state index contributed by atoms with van der Waals surface area (Å²) < 4.78 is 0. The molecule has 2 aromatic carbocycles. The Kier molecular flexibility index (Phi) is 6.40. The van der Waals surface area contributed by atoms with Crippen molar-refractivity contribution in [1.29, 1.82) is 0 Å². The number of piperazine rings is 1. The largest absolute Gasteiger partial charge is 0.368 e. The summed E-state index contributed by atoms with van der Waals surface area (Å²) in [6, 6.07) is 13.4. The highest BCUT2D eigenvalue weighted by Gasteiger charge is 2.34. The molecule has 0 spiro atoms. The van der Waals surface area contributed by atoms with Gasteiger partial charge in [0.1, 0.15) is 0 Å². The molecule has 5 nitrogen and oxygen atoms in total. The molecule has 0 unspecified atom stereocenters. The highest BCUT2D eigenvalue weighted by atomic mass is 35.5. The van der Waals surface area contributed by atoms with Gasteiger partial charge in [-0.2, -0.15) is 0 Å². The highest BCUT2D eigenvalue weighted by Crippen LogP contribution is 2.30. The second kappa shape index (κ2) is 9.19. The van der Waals surface area contributed by atoms with Crippen molar-refractivity contribution in [1.82, 2.24) is 9.80 Å². The maximum absolute atomic E-state index is 12.4. The van der Waals surface area contributed by atoms with E-state index in [0.29, 0.717) is 17.7 Å². The highest BCUT2D eigenvalue weighted by molar-refractivity contribution is 6.34. The van der Waals surface area contributed by atoms with Gasteiger partial charge in [0.05, 0.1) is 21.8 Å². The van der Waals surface area contributed by atoms with Gasteiger partial charge in [0.15, 0.2) is 0 Å². The predicted molar refractivity (Wildman–Crippen MR) is 121 cm³/mol. The van der Waals surface area contributed by atoms with Crippen molar-refractivity contribution in [2.75, 3.05) is 44.2 Å². The molecule has 2 aromatic rings. The number of anilines is 1. The fraction of sp³-hybridized carbons (Fsp3) is 0.417. The van der Waals surface area contributed by atoms with Gasteiger partial charge < -0.3 is 4.90 Å². The van der Waals surface area contributed by atoms with E-state index in [0.717, 1.165) is 62.7 Å². The summed E-state index contributed by atoms with van der Waals surface area (Å²) >= 11 is 6.59. The number of benzene rings is 2. The Morgan fingerprint density at radius 1 is 0.833 bits per heavy atom. The van der Waals surface area contributed by atoms with Crippen molar-refractivity contribution in [3.63, 3.8) is 0 Å². The molecule has 0 radical (unpaired) electrons. The van der Waals surface area contributed by atoms with E-state index in [1.165, 1.54) is 10.5 Å². The Morgan fingerprint density at radius 3 is 2.10 bits per heavy atom. The SMILES string of the molecule is CCc1cccc(N2CCN(CCCCN3C(=O)c4ccccc4C3=O)CC2)c1Cl. The van der Waals surface area contributed by atoms with Crippen LogP contribution in [0.25, 0.3) is 0 Å².